The first kappa shape index (κ1) is 12.5. The van der Waals surface area contributed by atoms with Gasteiger partial charge < -0.3 is 4.74 Å². The summed E-state index contributed by atoms with van der Waals surface area (Å²) in [5.74, 6) is -0.156. The Morgan fingerprint density at radius 1 is 1.62 bits per heavy atom. The fourth-order valence-electron chi connectivity index (χ4n) is 1.03. The molecule has 0 saturated heterocycles. The number of hydrogen-bond donors (Lipinski definition) is 2. The van der Waals surface area contributed by atoms with E-state index >= 15 is 0 Å². The van der Waals surface area contributed by atoms with Crippen LogP contribution in [0.3, 0.4) is 0 Å². The number of nitrogens with zero attached hydrogens (tertiary/aromatic N) is 2. The number of aromatic nitrogens is 2. The molecule has 1 heterocycles. The summed E-state index contributed by atoms with van der Waals surface area (Å²) in [6.45, 7) is 1.72. The summed E-state index contributed by atoms with van der Waals surface area (Å²) < 4.78 is 29.8. The highest BCUT2D eigenvalue weighted by Crippen LogP contribution is 2.15. The molecule has 0 spiro atoms. The first-order valence-electron chi connectivity index (χ1n) is 4.44. The molecule has 0 aliphatic rings. The summed E-state index contributed by atoms with van der Waals surface area (Å²) in [5, 5.41) is 15.0. The van der Waals surface area contributed by atoms with Gasteiger partial charge in [0.2, 0.25) is 10.0 Å². The normalized spacial score (nSPS) is 11.1. The van der Waals surface area contributed by atoms with Gasteiger partial charge >= 0.3 is 0 Å². The minimum Gasteiger partial charge on any atom is -0.384 e. The van der Waals surface area contributed by atoms with Gasteiger partial charge in [-0.15, -0.1) is 0 Å². The average Bonchev–Trinajstić information content (AvgIpc) is 2.56. The van der Waals surface area contributed by atoms with Crippen molar-refractivity contribution >= 4 is 15.8 Å². The van der Waals surface area contributed by atoms with E-state index in [1.165, 1.54) is 7.11 Å². The number of methoxy groups -OCH3 is 1. The van der Waals surface area contributed by atoms with E-state index in [2.05, 4.69) is 19.7 Å². The van der Waals surface area contributed by atoms with Crippen LogP contribution in [0.25, 0.3) is 0 Å². The van der Waals surface area contributed by atoms with E-state index in [0.717, 1.165) is 0 Å². The van der Waals surface area contributed by atoms with Gasteiger partial charge in [-0.3, -0.25) is 9.82 Å². The topological polar surface area (TPSA) is 108 Å². The van der Waals surface area contributed by atoms with Gasteiger partial charge in [0.25, 0.3) is 0 Å². The zero-order valence-electron chi connectivity index (χ0n) is 8.94. The lowest BCUT2D eigenvalue weighted by molar-refractivity contribution is 0.217. The average molecular weight is 244 g/mol. The number of hydrogen-bond acceptors (Lipinski definition) is 5. The van der Waals surface area contributed by atoms with Crippen LogP contribution >= 0.6 is 0 Å². The van der Waals surface area contributed by atoms with Crippen LogP contribution in [0.15, 0.2) is 0 Å². The van der Waals surface area contributed by atoms with Gasteiger partial charge in [0, 0.05) is 7.11 Å². The van der Waals surface area contributed by atoms with E-state index in [9.17, 15) is 8.42 Å². The summed E-state index contributed by atoms with van der Waals surface area (Å²) >= 11 is 0. The molecule has 8 heteroatoms. The third-order valence-corrected chi connectivity index (χ3v) is 3.08. The molecule has 2 N–H and O–H groups in total. The minimum absolute atomic E-state index is 0.0242. The van der Waals surface area contributed by atoms with Gasteiger partial charge in [-0.25, -0.2) is 8.42 Å². The van der Waals surface area contributed by atoms with E-state index in [1.54, 1.807) is 6.92 Å². The second-order valence-electron chi connectivity index (χ2n) is 3.10. The number of nitrogens with one attached hydrogen (secondary N) is 2. The number of rotatable bonds is 5. The fourth-order valence-corrected chi connectivity index (χ4v) is 1.96. The molecular formula is C8H12N4O3S. The predicted octanol–water partition coefficient (Wildman–Crippen LogP) is -0.0221. The number of H-pyrrole nitrogens is 1. The summed E-state index contributed by atoms with van der Waals surface area (Å²) in [5.41, 5.74) is 0.716. The first-order valence-corrected chi connectivity index (χ1v) is 6.10. The predicted molar refractivity (Wildman–Crippen MR) is 57.3 cm³/mol. The number of anilines is 1. The molecule has 88 valence electrons. The number of nitriles is 1. The van der Waals surface area contributed by atoms with Gasteiger partial charge in [-0.2, -0.15) is 10.4 Å². The molecule has 0 aliphatic heterocycles. The monoisotopic (exact) mass is 244 g/mol. The van der Waals surface area contributed by atoms with Gasteiger partial charge in [-0.05, 0) is 6.92 Å². The number of aromatic amines is 1. The molecule has 1 aromatic heterocycles. The van der Waals surface area contributed by atoms with Crippen LogP contribution < -0.4 is 4.72 Å². The quantitative estimate of drug-likeness (QED) is 0.756. The van der Waals surface area contributed by atoms with Crippen LogP contribution in [-0.2, 0) is 14.8 Å². The van der Waals surface area contributed by atoms with Crippen molar-refractivity contribution in [2.75, 3.05) is 24.2 Å². The molecule has 1 aromatic rings. The highest BCUT2D eigenvalue weighted by molar-refractivity contribution is 7.92. The molecule has 1 rings (SSSR count). The Hall–Kier alpha value is -1.59. The molecule has 0 radical (unpaired) electrons. The molecular weight excluding hydrogens is 232 g/mol. The number of ether oxygens (including phenoxy) is 1. The molecule has 0 saturated carbocycles. The Labute approximate surface area is 93.5 Å². The second-order valence-corrected chi connectivity index (χ2v) is 4.94. The minimum atomic E-state index is -3.52. The van der Waals surface area contributed by atoms with Crippen molar-refractivity contribution in [3.8, 4) is 6.07 Å². The molecule has 0 unspecified atom stereocenters. The molecule has 7 nitrogen and oxygen atoms in total. The van der Waals surface area contributed by atoms with Crippen molar-refractivity contribution in [3.05, 3.63) is 11.3 Å². The summed E-state index contributed by atoms with van der Waals surface area (Å²) in [4.78, 5) is 0. The van der Waals surface area contributed by atoms with Crippen molar-refractivity contribution < 1.29 is 13.2 Å². The van der Waals surface area contributed by atoms with E-state index < -0.39 is 10.0 Å². The highest BCUT2D eigenvalue weighted by atomic mass is 32.2. The molecule has 0 amide bonds. The lowest BCUT2D eigenvalue weighted by Crippen LogP contribution is -2.20. The van der Waals surface area contributed by atoms with E-state index in [1.807, 2.05) is 6.07 Å². The maximum atomic E-state index is 11.5. The number of aryl methyl sites for hydroxylation is 1. The second kappa shape index (κ2) is 4.96. The molecule has 0 fully saturated rings. The largest absolute Gasteiger partial charge is 0.384 e. The third kappa shape index (κ3) is 2.95. The lowest BCUT2D eigenvalue weighted by Gasteiger charge is -2.04. The van der Waals surface area contributed by atoms with Gasteiger partial charge in [0.1, 0.15) is 11.6 Å². The van der Waals surface area contributed by atoms with Crippen LogP contribution in [0, 0.1) is 18.3 Å². The van der Waals surface area contributed by atoms with Crippen molar-refractivity contribution in [1.82, 2.24) is 10.2 Å². The van der Waals surface area contributed by atoms with Crippen molar-refractivity contribution in [1.29, 1.82) is 5.26 Å². The molecule has 0 bridgehead atoms. The third-order valence-electron chi connectivity index (χ3n) is 1.87. The Morgan fingerprint density at radius 2 is 2.31 bits per heavy atom. The van der Waals surface area contributed by atoms with Gasteiger partial charge in [0.05, 0.1) is 18.1 Å². The molecule has 0 atom stereocenters. The summed E-state index contributed by atoms with van der Waals surface area (Å²) in [7, 11) is -2.11. The maximum absolute atomic E-state index is 11.5. The van der Waals surface area contributed by atoms with E-state index in [0.29, 0.717) is 5.69 Å². The Kier molecular flexibility index (Phi) is 3.87. The van der Waals surface area contributed by atoms with E-state index in [4.69, 9.17) is 5.26 Å². The van der Waals surface area contributed by atoms with Crippen molar-refractivity contribution in [2.24, 2.45) is 0 Å². The molecule has 16 heavy (non-hydrogen) atoms. The smallest absolute Gasteiger partial charge is 0.236 e. The Balaban J connectivity index is 2.85. The molecule has 0 aromatic carbocycles. The summed E-state index contributed by atoms with van der Waals surface area (Å²) in [6.07, 6.45) is 0. The van der Waals surface area contributed by atoms with Crippen LogP contribution in [0.1, 0.15) is 11.3 Å². The standard InChI is InChI=1S/C8H12N4O3S/c1-6-7(5-9)8(11-10-6)12-16(13,14)4-3-15-2/h3-4H2,1-2H3,(H2,10,11,12). The summed E-state index contributed by atoms with van der Waals surface area (Å²) in [6, 6.07) is 1.87. The first-order chi connectivity index (χ1) is 7.50. The van der Waals surface area contributed by atoms with Crippen LogP contribution in [-0.4, -0.2) is 38.1 Å². The Bertz CT molecular complexity index is 500. The van der Waals surface area contributed by atoms with Crippen molar-refractivity contribution in [3.63, 3.8) is 0 Å². The SMILES string of the molecule is COCCS(=O)(=O)Nc1n[nH]c(C)c1C#N. The van der Waals surface area contributed by atoms with Gasteiger partial charge in [-0.1, -0.05) is 0 Å². The fraction of sp³-hybridized carbons (Fsp3) is 0.500. The zero-order valence-corrected chi connectivity index (χ0v) is 9.76. The number of sulfonamides is 1. The van der Waals surface area contributed by atoms with E-state index in [-0.39, 0.29) is 23.7 Å². The van der Waals surface area contributed by atoms with Crippen molar-refractivity contribution in [2.45, 2.75) is 6.92 Å². The van der Waals surface area contributed by atoms with Gasteiger partial charge in [0.15, 0.2) is 5.82 Å². The molecule has 0 aliphatic carbocycles. The zero-order chi connectivity index (χ0) is 12.2. The highest BCUT2D eigenvalue weighted by Gasteiger charge is 2.16. The lowest BCUT2D eigenvalue weighted by atomic mass is 10.3. The van der Waals surface area contributed by atoms with Crippen LogP contribution in [0.4, 0.5) is 5.82 Å². The van der Waals surface area contributed by atoms with Crippen LogP contribution in [0.5, 0.6) is 0 Å². The maximum Gasteiger partial charge on any atom is 0.236 e. The Morgan fingerprint density at radius 3 is 2.88 bits per heavy atom. The van der Waals surface area contributed by atoms with Crippen LogP contribution in [0.2, 0.25) is 0 Å².